The number of nitrogens with one attached hydrogen (secondary N) is 1. The molecule has 10 heteroatoms. The van der Waals surface area contributed by atoms with Crippen molar-refractivity contribution in [3.63, 3.8) is 0 Å². The maximum absolute atomic E-state index is 13.8. The fourth-order valence-corrected chi connectivity index (χ4v) is 3.35. The van der Waals surface area contributed by atoms with E-state index in [-0.39, 0.29) is 5.82 Å². The molecule has 0 fully saturated rings. The van der Waals surface area contributed by atoms with Crippen LogP contribution < -0.4 is 10.1 Å². The average Bonchev–Trinajstić information content (AvgIpc) is 3.22. The summed E-state index contributed by atoms with van der Waals surface area (Å²) in [5.41, 5.74) is -0.0344. The molecule has 4 aromatic rings. The minimum absolute atomic E-state index is 0.165. The molecule has 174 valence electrons. The molecule has 5 nitrogen and oxygen atoms in total. The summed E-state index contributed by atoms with van der Waals surface area (Å²) in [6.45, 7) is 0. The second kappa shape index (κ2) is 9.18. The topological polar surface area (TPSA) is 56.1 Å². The third-order valence-corrected chi connectivity index (χ3v) is 5.15. The molecule has 0 atom stereocenters. The maximum Gasteiger partial charge on any atom is 0.416 e. The minimum atomic E-state index is -4.80. The van der Waals surface area contributed by atoms with Gasteiger partial charge >= 0.3 is 6.18 Å². The van der Waals surface area contributed by atoms with Crippen LogP contribution >= 0.6 is 11.6 Å². The van der Waals surface area contributed by atoms with E-state index in [0.29, 0.717) is 39.8 Å². The van der Waals surface area contributed by atoms with Crippen molar-refractivity contribution < 1.29 is 27.1 Å². The Bertz CT molecular complexity index is 1330. The SMILES string of the molecule is COc1ccc(-n2nc(-c3ccc(Cl)cc3)cc2NC(=O)c2cc(F)cc(C(F)(F)F)c2)cc1. The van der Waals surface area contributed by atoms with E-state index >= 15 is 0 Å². The summed E-state index contributed by atoms with van der Waals surface area (Å²) >= 11 is 5.95. The van der Waals surface area contributed by atoms with Crippen molar-refractivity contribution in [2.24, 2.45) is 0 Å². The number of carbonyl (C=O) groups is 1. The molecule has 0 saturated carbocycles. The van der Waals surface area contributed by atoms with Crippen molar-refractivity contribution in [2.75, 3.05) is 12.4 Å². The number of benzene rings is 3. The van der Waals surface area contributed by atoms with Gasteiger partial charge in [0.2, 0.25) is 0 Å². The first-order valence-corrected chi connectivity index (χ1v) is 10.2. The Morgan fingerprint density at radius 1 is 1.00 bits per heavy atom. The molecule has 0 aliphatic heterocycles. The first kappa shape index (κ1) is 23.3. The zero-order valence-corrected chi connectivity index (χ0v) is 18.3. The van der Waals surface area contributed by atoms with Gasteiger partial charge in [-0.1, -0.05) is 23.7 Å². The summed E-state index contributed by atoms with van der Waals surface area (Å²) in [7, 11) is 1.52. The van der Waals surface area contributed by atoms with Gasteiger partial charge in [-0.3, -0.25) is 4.79 Å². The van der Waals surface area contributed by atoms with Gasteiger partial charge in [-0.2, -0.15) is 18.3 Å². The van der Waals surface area contributed by atoms with E-state index in [2.05, 4.69) is 10.4 Å². The maximum atomic E-state index is 13.8. The molecule has 0 spiro atoms. The standard InChI is InChI=1S/C24H16ClF4N3O2/c1-34-20-8-6-19(7-9-20)32-22(13-21(31-32)14-2-4-17(25)5-3-14)30-23(33)15-10-16(24(27,28)29)12-18(26)11-15/h2-13H,1H3,(H,30,33). The highest BCUT2D eigenvalue weighted by atomic mass is 35.5. The zero-order chi connectivity index (χ0) is 24.5. The Morgan fingerprint density at radius 2 is 1.68 bits per heavy atom. The molecule has 0 saturated heterocycles. The lowest BCUT2D eigenvalue weighted by Gasteiger charge is -2.11. The van der Waals surface area contributed by atoms with E-state index in [1.807, 2.05) is 0 Å². The zero-order valence-electron chi connectivity index (χ0n) is 17.5. The van der Waals surface area contributed by atoms with Gasteiger partial charge in [0, 0.05) is 22.2 Å². The smallest absolute Gasteiger partial charge is 0.416 e. The Balaban J connectivity index is 1.74. The largest absolute Gasteiger partial charge is 0.497 e. The van der Waals surface area contributed by atoms with Crippen LogP contribution in [0.2, 0.25) is 5.02 Å². The number of hydrogen-bond donors (Lipinski definition) is 1. The molecule has 0 aliphatic rings. The second-order valence-electron chi connectivity index (χ2n) is 7.21. The third kappa shape index (κ3) is 5.04. The van der Waals surface area contributed by atoms with E-state index in [1.165, 1.54) is 11.8 Å². The highest BCUT2D eigenvalue weighted by molar-refractivity contribution is 6.30. The number of halogens is 5. The van der Waals surface area contributed by atoms with Crippen molar-refractivity contribution in [1.29, 1.82) is 0 Å². The van der Waals surface area contributed by atoms with E-state index in [1.54, 1.807) is 54.6 Å². The van der Waals surface area contributed by atoms with Crippen LogP contribution in [0, 0.1) is 5.82 Å². The summed E-state index contributed by atoms with van der Waals surface area (Å²) in [5.74, 6) is -1.34. The summed E-state index contributed by atoms with van der Waals surface area (Å²) in [6.07, 6.45) is -4.80. The molecule has 0 unspecified atom stereocenters. The number of anilines is 1. The summed E-state index contributed by atoms with van der Waals surface area (Å²) in [5, 5.41) is 7.58. The van der Waals surface area contributed by atoms with Crippen molar-refractivity contribution in [2.45, 2.75) is 6.18 Å². The highest BCUT2D eigenvalue weighted by Crippen LogP contribution is 2.31. The van der Waals surface area contributed by atoms with Crippen molar-refractivity contribution in [1.82, 2.24) is 9.78 Å². The van der Waals surface area contributed by atoms with Crippen LogP contribution in [0.5, 0.6) is 5.75 Å². The molecule has 0 radical (unpaired) electrons. The van der Waals surface area contributed by atoms with Gasteiger partial charge in [0.05, 0.1) is 24.1 Å². The number of aromatic nitrogens is 2. The van der Waals surface area contributed by atoms with Crippen LogP contribution in [0.4, 0.5) is 23.4 Å². The Hall–Kier alpha value is -3.85. The van der Waals surface area contributed by atoms with Gasteiger partial charge in [0.15, 0.2) is 0 Å². The molecular formula is C24H16ClF4N3O2. The Kier molecular flexibility index (Phi) is 6.30. The van der Waals surface area contributed by atoms with Gasteiger partial charge in [-0.05, 0) is 54.6 Å². The first-order chi connectivity index (χ1) is 16.1. The number of ether oxygens (including phenoxy) is 1. The molecule has 1 N–H and O–H groups in total. The molecule has 1 amide bonds. The summed E-state index contributed by atoms with van der Waals surface area (Å²) < 4.78 is 59.6. The molecule has 3 aromatic carbocycles. The molecule has 1 aromatic heterocycles. The minimum Gasteiger partial charge on any atom is -0.497 e. The quantitative estimate of drug-likeness (QED) is 0.321. The lowest BCUT2D eigenvalue weighted by atomic mass is 10.1. The van der Waals surface area contributed by atoms with Crippen molar-refractivity contribution >= 4 is 23.3 Å². The molecule has 34 heavy (non-hydrogen) atoms. The monoisotopic (exact) mass is 489 g/mol. The molecular weight excluding hydrogens is 474 g/mol. The lowest BCUT2D eigenvalue weighted by molar-refractivity contribution is -0.137. The van der Waals surface area contributed by atoms with Crippen LogP contribution in [0.1, 0.15) is 15.9 Å². The van der Waals surface area contributed by atoms with E-state index in [9.17, 15) is 22.4 Å². The Labute approximate surface area is 196 Å². The van der Waals surface area contributed by atoms with Crippen LogP contribution in [-0.2, 0) is 6.18 Å². The molecule has 0 aliphatic carbocycles. The average molecular weight is 490 g/mol. The number of alkyl halides is 3. The van der Waals surface area contributed by atoms with Crippen LogP contribution in [0.25, 0.3) is 16.9 Å². The van der Waals surface area contributed by atoms with E-state index in [4.69, 9.17) is 16.3 Å². The predicted octanol–water partition coefficient (Wildman–Crippen LogP) is 6.61. The van der Waals surface area contributed by atoms with Gasteiger partial charge in [0.1, 0.15) is 17.4 Å². The number of methoxy groups -OCH3 is 1. The number of rotatable bonds is 5. The third-order valence-electron chi connectivity index (χ3n) is 4.90. The van der Waals surface area contributed by atoms with E-state index < -0.39 is 29.0 Å². The van der Waals surface area contributed by atoms with E-state index in [0.717, 1.165) is 6.07 Å². The van der Waals surface area contributed by atoms with Crippen LogP contribution in [-0.4, -0.2) is 22.8 Å². The van der Waals surface area contributed by atoms with Gasteiger partial charge in [-0.25, -0.2) is 9.07 Å². The van der Waals surface area contributed by atoms with Gasteiger partial charge in [0.25, 0.3) is 5.91 Å². The lowest BCUT2D eigenvalue weighted by Crippen LogP contribution is -2.17. The molecule has 0 bridgehead atoms. The fraction of sp³-hybridized carbons (Fsp3) is 0.0833. The van der Waals surface area contributed by atoms with Gasteiger partial charge in [-0.15, -0.1) is 0 Å². The molecule has 1 heterocycles. The van der Waals surface area contributed by atoms with Crippen LogP contribution in [0.15, 0.2) is 72.8 Å². The second-order valence-corrected chi connectivity index (χ2v) is 7.65. The number of nitrogens with zero attached hydrogens (tertiary/aromatic N) is 2. The predicted molar refractivity (Wildman–Crippen MR) is 120 cm³/mol. The number of amides is 1. The molecule has 4 rings (SSSR count). The van der Waals surface area contributed by atoms with Crippen molar-refractivity contribution in [3.8, 4) is 22.7 Å². The van der Waals surface area contributed by atoms with Crippen LogP contribution in [0.3, 0.4) is 0 Å². The Morgan fingerprint density at radius 3 is 2.29 bits per heavy atom. The fourth-order valence-electron chi connectivity index (χ4n) is 3.22. The van der Waals surface area contributed by atoms with Gasteiger partial charge < -0.3 is 10.1 Å². The normalized spacial score (nSPS) is 11.4. The highest BCUT2D eigenvalue weighted by Gasteiger charge is 2.32. The number of hydrogen-bond acceptors (Lipinski definition) is 3. The van der Waals surface area contributed by atoms with Crippen molar-refractivity contribution in [3.05, 3.63) is 94.8 Å². The summed E-state index contributed by atoms with van der Waals surface area (Å²) in [4.78, 5) is 12.8. The first-order valence-electron chi connectivity index (χ1n) is 9.83. The summed E-state index contributed by atoms with van der Waals surface area (Å²) in [6, 6.07) is 16.8. The number of carbonyl (C=O) groups excluding carboxylic acids is 1.